The number of ether oxygens (including phenoxy) is 1. The van der Waals surface area contributed by atoms with Crippen LogP contribution in [0.25, 0.3) is 0 Å². The van der Waals surface area contributed by atoms with Crippen molar-refractivity contribution in [2.75, 3.05) is 7.11 Å². The fourth-order valence-electron chi connectivity index (χ4n) is 9.19. The van der Waals surface area contributed by atoms with Gasteiger partial charge >= 0.3 is 5.97 Å². The zero-order valence-electron chi connectivity index (χ0n) is 22.9. The fraction of sp³-hybridized carbons (Fsp3) is 0.800. The van der Waals surface area contributed by atoms with Crippen molar-refractivity contribution in [3.05, 3.63) is 11.6 Å². The Morgan fingerprint density at radius 1 is 0.972 bits per heavy atom. The molecule has 4 saturated carbocycles. The minimum absolute atomic E-state index is 0.0593. The third kappa shape index (κ3) is 4.16. The molecule has 200 valence electrons. The van der Waals surface area contributed by atoms with Crippen LogP contribution in [0.4, 0.5) is 0 Å². The number of aliphatic carboxylic acids is 1. The molecule has 0 aromatic carbocycles. The second-order valence-corrected chi connectivity index (χ2v) is 13.9. The highest BCUT2D eigenvalue weighted by Gasteiger charge is 2.63. The topological polar surface area (TPSA) is 97.7 Å². The molecule has 36 heavy (non-hydrogen) atoms. The lowest BCUT2D eigenvalue weighted by Crippen LogP contribution is -2.59. The molecule has 1 N–H and O–H groups in total. The molecular formula is C30H44O6. The fourth-order valence-corrected chi connectivity index (χ4v) is 9.19. The smallest absolute Gasteiger partial charge is 0.314 e. The number of carbonyl (C=O) groups excluding carboxylic acids is 3. The van der Waals surface area contributed by atoms with Crippen LogP contribution in [0.2, 0.25) is 0 Å². The molecule has 6 nitrogen and oxygen atoms in total. The number of carboxylic acid groups (broad SMARTS) is 1. The van der Waals surface area contributed by atoms with Crippen molar-refractivity contribution < 1.29 is 29.0 Å². The van der Waals surface area contributed by atoms with E-state index in [2.05, 4.69) is 39.4 Å². The SMILES string of the molecule is CC1(C)CCC2(C)CCC3C(C(=O)C=C4C5(C)CC(C(=O)O)C(=O)CC5CCC43C)C2C1.COC=O. The summed E-state index contributed by atoms with van der Waals surface area (Å²) in [5.41, 5.74) is 1.32. The average Bonchev–Trinajstić information content (AvgIpc) is 2.81. The van der Waals surface area contributed by atoms with Gasteiger partial charge in [0.2, 0.25) is 0 Å². The van der Waals surface area contributed by atoms with Crippen LogP contribution in [0.3, 0.4) is 0 Å². The van der Waals surface area contributed by atoms with Gasteiger partial charge in [0.1, 0.15) is 11.7 Å². The van der Waals surface area contributed by atoms with Crippen LogP contribution in [0.5, 0.6) is 0 Å². The summed E-state index contributed by atoms with van der Waals surface area (Å²) in [7, 11) is 1.31. The maximum Gasteiger partial charge on any atom is 0.314 e. The maximum atomic E-state index is 13.9. The number of hydrogen-bond donors (Lipinski definition) is 1. The zero-order chi connectivity index (χ0) is 26.7. The summed E-state index contributed by atoms with van der Waals surface area (Å²) < 4.78 is 3.86. The number of ketones is 2. The van der Waals surface area contributed by atoms with Gasteiger partial charge in [-0.3, -0.25) is 19.2 Å². The van der Waals surface area contributed by atoms with E-state index >= 15 is 0 Å². The number of carboxylic acids is 1. The summed E-state index contributed by atoms with van der Waals surface area (Å²) in [5, 5.41) is 9.71. The normalized spacial score (nSPS) is 44.8. The molecule has 5 aliphatic carbocycles. The van der Waals surface area contributed by atoms with E-state index in [0.29, 0.717) is 42.3 Å². The molecule has 6 heteroatoms. The largest absolute Gasteiger partial charge is 0.481 e. The summed E-state index contributed by atoms with van der Waals surface area (Å²) in [6, 6.07) is 0. The molecule has 5 rings (SSSR count). The van der Waals surface area contributed by atoms with Crippen LogP contribution in [-0.4, -0.2) is 36.2 Å². The number of methoxy groups -OCH3 is 1. The van der Waals surface area contributed by atoms with E-state index in [4.69, 9.17) is 4.79 Å². The van der Waals surface area contributed by atoms with Crippen molar-refractivity contribution in [3.8, 4) is 0 Å². The van der Waals surface area contributed by atoms with Crippen molar-refractivity contribution in [2.24, 2.45) is 51.2 Å². The number of hydrogen-bond acceptors (Lipinski definition) is 5. The molecule has 8 atom stereocenters. The van der Waals surface area contributed by atoms with Crippen LogP contribution in [0.1, 0.15) is 92.4 Å². The molecule has 5 aliphatic rings. The minimum atomic E-state index is -1.000. The highest BCUT2D eigenvalue weighted by atomic mass is 16.5. The van der Waals surface area contributed by atoms with Crippen LogP contribution in [0, 0.1) is 51.2 Å². The summed E-state index contributed by atoms with van der Waals surface area (Å²) >= 11 is 0. The van der Waals surface area contributed by atoms with Gasteiger partial charge in [-0.05, 0) is 96.9 Å². The van der Waals surface area contributed by atoms with E-state index in [1.807, 2.05) is 6.08 Å². The molecule has 0 heterocycles. The zero-order valence-corrected chi connectivity index (χ0v) is 22.9. The van der Waals surface area contributed by atoms with Crippen LogP contribution >= 0.6 is 0 Å². The second kappa shape index (κ2) is 9.09. The van der Waals surface area contributed by atoms with Gasteiger partial charge in [-0.2, -0.15) is 0 Å². The van der Waals surface area contributed by atoms with Crippen molar-refractivity contribution in [1.82, 2.24) is 0 Å². The summed E-state index contributed by atoms with van der Waals surface area (Å²) in [6.07, 6.45) is 10.5. The molecular weight excluding hydrogens is 456 g/mol. The quantitative estimate of drug-likeness (QED) is 0.390. The molecule has 0 aliphatic heterocycles. The Labute approximate surface area is 215 Å². The number of Topliss-reactive ketones (excluding diaryl/α,β-unsaturated/α-hetero) is 1. The van der Waals surface area contributed by atoms with E-state index in [1.54, 1.807) is 0 Å². The first-order chi connectivity index (χ1) is 16.7. The van der Waals surface area contributed by atoms with E-state index in [9.17, 15) is 19.5 Å². The lowest BCUT2D eigenvalue weighted by molar-refractivity contribution is -0.154. The molecule has 0 radical (unpaired) electrons. The van der Waals surface area contributed by atoms with Crippen LogP contribution in [-0.2, 0) is 23.9 Å². The maximum absolute atomic E-state index is 13.9. The minimum Gasteiger partial charge on any atom is -0.481 e. The van der Waals surface area contributed by atoms with Crippen LogP contribution < -0.4 is 0 Å². The van der Waals surface area contributed by atoms with Crippen LogP contribution in [0.15, 0.2) is 11.6 Å². The van der Waals surface area contributed by atoms with E-state index in [1.165, 1.54) is 31.9 Å². The highest BCUT2D eigenvalue weighted by molar-refractivity contribution is 5.99. The van der Waals surface area contributed by atoms with E-state index < -0.39 is 11.9 Å². The van der Waals surface area contributed by atoms with Gasteiger partial charge in [0.15, 0.2) is 5.78 Å². The lowest BCUT2D eigenvalue weighted by atomic mass is 9.39. The van der Waals surface area contributed by atoms with Gasteiger partial charge < -0.3 is 9.84 Å². The molecule has 4 fully saturated rings. The Balaban J connectivity index is 0.000000709. The Morgan fingerprint density at radius 2 is 1.64 bits per heavy atom. The monoisotopic (exact) mass is 500 g/mol. The van der Waals surface area contributed by atoms with Crippen molar-refractivity contribution in [3.63, 3.8) is 0 Å². The molecule has 0 spiro atoms. The Morgan fingerprint density at radius 3 is 2.25 bits per heavy atom. The lowest BCUT2D eigenvalue weighted by Gasteiger charge is -2.64. The first-order valence-corrected chi connectivity index (χ1v) is 13.7. The number of rotatable bonds is 2. The van der Waals surface area contributed by atoms with Crippen molar-refractivity contribution in [2.45, 2.75) is 92.4 Å². The van der Waals surface area contributed by atoms with Gasteiger partial charge in [0, 0.05) is 12.3 Å². The van der Waals surface area contributed by atoms with E-state index in [-0.39, 0.29) is 33.9 Å². The molecule has 0 aromatic rings. The summed E-state index contributed by atoms with van der Waals surface area (Å²) in [6.45, 7) is 12.1. The molecule has 0 aromatic heterocycles. The average molecular weight is 501 g/mol. The summed E-state index contributed by atoms with van der Waals surface area (Å²) in [4.78, 5) is 47.2. The highest BCUT2D eigenvalue weighted by Crippen LogP contribution is 2.69. The number of allylic oxidation sites excluding steroid dienone is 2. The first-order valence-electron chi connectivity index (χ1n) is 13.7. The Kier molecular flexibility index (Phi) is 6.84. The van der Waals surface area contributed by atoms with Crippen molar-refractivity contribution >= 4 is 24.0 Å². The van der Waals surface area contributed by atoms with Crippen molar-refractivity contribution in [1.29, 1.82) is 0 Å². The Hall–Kier alpha value is -1.98. The predicted molar refractivity (Wildman–Crippen MR) is 136 cm³/mol. The van der Waals surface area contributed by atoms with Gasteiger partial charge in [-0.1, -0.05) is 40.2 Å². The second-order valence-electron chi connectivity index (χ2n) is 13.9. The predicted octanol–water partition coefficient (Wildman–Crippen LogP) is 5.63. The number of fused-ring (bicyclic) bond motifs is 7. The van der Waals surface area contributed by atoms with Gasteiger partial charge in [-0.25, -0.2) is 0 Å². The number of carbonyl (C=O) groups is 4. The molecule has 8 unspecified atom stereocenters. The standard InChI is InChI=1S/C28H40O4.C2H4O2/c1-25(2)10-11-26(3)8-7-18-23(19(26)15-25)21(30)13-22-27(18,4)9-6-16-12-20(29)17(24(31)32)14-28(16,22)5;1-4-2-3/h13,16-19,23H,6-12,14-15H2,1-5H3,(H,31,32);2H,1H3. The molecule has 0 bridgehead atoms. The van der Waals surface area contributed by atoms with E-state index in [0.717, 1.165) is 25.7 Å². The molecule has 0 saturated heterocycles. The van der Waals surface area contributed by atoms with Gasteiger partial charge in [0.05, 0.1) is 7.11 Å². The van der Waals surface area contributed by atoms with Gasteiger partial charge in [0.25, 0.3) is 6.47 Å². The third-order valence-corrected chi connectivity index (χ3v) is 11.4. The van der Waals surface area contributed by atoms with Gasteiger partial charge in [-0.15, -0.1) is 0 Å². The Bertz CT molecular complexity index is 980. The summed E-state index contributed by atoms with van der Waals surface area (Å²) in [5.74, 6) is -0.706. The third-order valence-electron chi connectivity index (χ3n) is 11.4. The molecule has 0 amide bonds. The first kappa shape index (κ1) is 27.1.